The number of amides is 1. The van der Waals surface area contributed by atoms with E-state index in [0.29, 0.717) is 0 Å². The SMILES string of the molecule is COC1OC(COC(c2ccccc2)(c2ccccc2)c2ccccc2)C(OC)C(OC)C1NC(C)=O. The van der Waals surface area contributed by atoms with E-state index in [0.717, 1.165) is 16.7 Å². The van der Waals surface area contributed by atoms with Crippen LogP contribution in [-0.2, 0) is 34.1 Å². The van der Waals surface area contributed by atoms with Crippen LogP contribution in [0.25, 0.3) is 0 Å². The molecular weight excluding hydrogens is 470 g/mol. The number of rotatable bonds is 10. The van der Waals surface area contributed by atoms with Crippen molar-refractivity contribution in [2.24, 2.45) is 0 Å². The van der Waals surface area contributed by atoms with Gasteiger partial charge in [0.15, 0.2) is 6.29 Å². The number of benzene rings is 3. The van der Waals surface area contributed by atoms with Gasteiger partial charge in [0.25, 0.3) is 0 Å². The Kier molecular flexibility index (Phi) is 9.08. The summed E-state index contributed by atoms with van der Waals surface area (Å²) in [4.78, 5) is 11.9. The monoisotopic (exact) mass is 505 g/mol. The molecule has 3 aromatic rings. The Balaban J connectivity index is 1.75. The summed E-state index contributed by atoms with van der Waals surface area (Å²) in [7, 11) is 4.73. The second-order valence-corrected chi connectivity index (χ2v) is 9.00. The van der Waals surface area contributed by atoms with E-state index in [1.807, 2.05) is 54.6 Å². The van der Waals surface area contributed by atoms with Crippen molar-refractivity contribution in [2.75, 3.05) is 27.9 Å². The highest BCUT2D eigenvalue weighted by atomic mass is 16.7. The van der Waals surface area contributed by atoms with Crippen LogP contribution in [0, 0.1) is 0 Å². The summed E-state index contributed by atoms with van der Waals surface area (Å²) < 4.78 is 30.6. The van der Waals surface area contributed by atoms with Crippen LogP contribution in [0.1, 0.15) is 23.6 Å². The summed E-state index contributed by atoms with van der Waals surface area (Å²) in [6, 6.07) is 29.9. The molecule has 0 bridgehead atoms. The number of ether oxygens (including phenoxy) is 5. The van der Waals surface area contributed by atoms with Crippen LogP contribution >= 0.6 is 0 Å². The second kappa shape index (κ2) is 12.4. The van der Waals surface area contributed by atoms with Gasteiger partial charge >= 0.3 is 0 Å². The average Bonchev–Trinajstić information content (AvgIpc) is 2.95. The summed E-state index contributed by atoms with van der Waals surface area (Å²) >= 11 is 0. The third-order valence-electron chi connectivity index (χ3n) is 6.80. The lowest BCUT2D eigenvalue weighted by molar-refractivity contribution is -0.277. The van der Waals surface area contributed by atoms with E-state index in [1.165, 1.54) is 6.92 Å². The molecule has 5 atom stereocenters. The van der Waals surface area contributed by atoms with Crippen molar-refractivity contribution >= 4 is 5.91 Å². The molecule has 196 valence electrons. The zero-order valence-corrected chi connectivity index (χ0v) is 21.7. The fraction of sp³-hybridized carbons (Fsp3) is 0.367. The van der Waals surface area contributed by atoms with Gasteiger partial charge in [-0.25, -0.2) is 0 Å². The summed E-state index contributed by atoms with van der Waals surface area (Å²) in [5, 5.41) is 2.88. The first kappa shape index (κ1) is 27.0. The Morgan fingerprint density at radius 1 is 0.757 bits per heavy atom. The quantitative estimate of drug-likeness (QED) is 0.421. The van der Waals surface area contributed by atoms with E-state index in [2.05, 4.69) is 41.7 Å². The van der Waals surface area contributed by atoms with Crippen molar-refractivity contribution in [3.05, 3.63) is 108 Å². The predicted molar refractivity (Wildman–Crippen MR) is 140 cm³/mol. The molecule has 0 aromatic heterocycles. The van der Waals surface area contributed by atoms with E-state index >= 15 is 0 Å². The van der Waals surface area contributed by atoms with Gasteiger partial charge in [0, 0.05) is 28.3 Å². The van der Waals surface area contributed by atoms with Gasteiger partial charge in [-0.15, -0.1) is 0 Å². The molecule has 0 spiro atoms. The third-order valence-corrected chi connectivity index (χ3v) is 6.80. The van der Waals surface area contributed by atoms with Gasteiger partial charge < -0.3 is 29.0 Å². The van der Waals surface area contributed by atoms with Crippen LogP contribution < -0.4 is 5.32 Å². The molecule has 0 saturated carbocycles. The summed E-state index contributed by atoms with van der Waals surface area (Å²) in [6.07, 6.45) is -2.32. The van der Waals surface area contributed by atoms with Crippen LogP contribution in [0.3, 0.4) is 0 Å². The minimum atomic E-state index is -0.912. The van der Waals surface area contributed by atoms with E-state index in [4.69, 9.17) is 23.7 Å². The first-order valence-electron chi connectivity index (χ1n) is 12.4. The largest absolute Gasteiger partial charge is 0.376 e. The molecule has 5 unspecified atom stereocenters. The molecule has 1 aliphatic rings. The third kappa shape index (κ3) is 5.61. The van der Waals surface area contributed by atoms with E-state index in [-0.39, 0.29) is 12.5 Å². The molecule has 1 N–H and O–H groups in total. The Bertz CT molecular complexity index is 1010. The summed E-state index contributed by atoms with van der Waals surface area (Å²) in [5.41, 5.74) is 2.05. The maximum Gasteiger partial charge on any atom is 0.217 e. The first-order valence-corrected chi connectivity index (χ1v) is 12.4. The molecule has 1 amide bonds. The van der Waals surface area contributed by atoms with Gasteiger partial charge in [-0.3, -0.25) is 4.79 Å². The molecule has 0 aliphatic carbocycles. The van der Waals surface area contributed by atoms with Gasteiger partial charge in [-0.05, 0) is 16.7 Å². The minimum absolute atomic E-state index is 0.170. The Hall–Kier alpha value is -3.07. The molecule has 1 heterocycles. The highest BCUT2D eigenvalue weighted by molar-refractivity contribution is 5.73. The lowest BCUT2D eigenvalue weighted by Gasteiger charge is -2.46. The average molecular weight is 506 g/mol. The number of carbonyl (C=O) groups is 1. The fourth-order valence-electron chi connectivity index (χ4n) is 5.17. The minimum Gasteiger partial charge on any atom is -0.376 e. The topological polar surface area (TPSA) is 75.2 Å². The van der Waals surface area contributed by atoms with Crippen LogP contribution in [0.4, 0.5) is 0 Å². The molecular formula is C30H35NO6. The van der Waals surface area contributed by atoms with Crippen LogP contribution in [-0.4, -0.2) is 64.5 Å². The molecule has 1 saturated heterocycles. The highest BCUT2D eigenvalue weighted by Crippen LogP contribution is 2.41. The van der Waals surface area contributed by atoms with Gasteiger partial charge in [-0.1, -0.05) is 91.0 Å². The standard InChI is InChI=1S/C30H35NO6/c1-21(32)31-26-28(34-3)27(33-2)25(37-29(26)35-4)20-36-30(22-14-8-5-9-15-22,23-16-10-6-11-17-23)24-18-12-7-13-19-24/h5-19,25-29H,20H2,1-4H3,(H,31,32). The molecule has 3 aromatic carbocycles. The van der Waals surface area contributed by atoms with Gasteiger partial charge in [-0.2, -0.15) is 0 Å². The Morgan fingerprint density at radius 2 is 1.22 bits per heavy atom. The number of hydrogen-bond acceptors (Lipinski definition) is 6. The van der Waals surface area contributed by atoms with Crippen LogP contribution in [0.5, 0.6) is 0 Å². The van der Waals surface area contributed by atoms with Crippen molar-refractivity contribution in [3.63, 3.8) is 0 Å². The van der Waals surface area contributed by atoms with Crippen LogP contribution in [0.2, 0.25) is 0 Å². The molecule has 37 heavy (non-hydrogen) atoms. The van der Waals surface area contributed by atoms with Crippen molar-refractivity contribution in [2.45, 2.75) is 43.2 Å². The van der Waals surface area contributed by atoms with Gasteiger partial charge in [0.2, 0.25) is 5.91 Å². The normalized spacial score (nSPS) is 23.9. The zero-order chi connectivity index (χ0) is 26.3. The number of carbonyl (C=O) groups excluding carboxylic acids is 1. The molecule has 4 rings (SSSR count). The molecule has 0 radical (unpaired) electrons. The van der Waals surface area contributed by atoms with Crippen LogP contribution in [0.15, 0.2) is 91.0 Å². The molecule has 1 aliphatic heterocycles. The maximum absolute atomic E-state index is 11.9. The molecule has 1 fully saturated rings. The van der Waals surface area contributed by atoms with Crippen molar-refractivity contribution in [3.8, 4) is 0 Å². The fourth-order valence-corrected chi connectivity index (χ4v) is 5.17. The van der Waals surface area contributed by atoms with E-state index in [1.54, 1.807) is 21.3 Å². The second-order valence-electron chi connectivity index (χ2n) is 9.00. The van der Waals surface area contributed by atoms with E-state index in [9.17, 15) is 4.79 Å². The maximum atomic E-state index is 11.9. The predicted octanol–water partition coefficient (Wildman–Crippen LogP) is 3.90. The van der Waals surface area contributed by atoms with E-state index < -0.39 is 36.2 Å². The lowest BCUT2D eigenvalue weighted by atomic mass is 9.80. The van der Waals surface area contributed by atoms with Gasteiger partial charge in [0.05, 0.1) is 6.61 Å². The molecule has 7 nitrogen and oxygen atoms in total. The Morgan fingerprint density at radius 3 is 1.59 bits per heavy atom. The first-order chi connectivity index (χ1) is 18.0. The van der Waals surface area contributed by atoms with Crippen molar-refractivity contribution in [1.29, 1.82) is 0 Å². The smallest absolute Gasteiger partial charge is 0.217 e. The molecule has 7 heteroatoms. The zero-order valence-electron chi connectivity index (χ0n) is 21.7. The van der Waals surface area contributed by atoms with Crippen molar-refractivity contribution in [1.82, 2.24) is 5.32 Å². The summed E-state index contributed by atoms with van der Waals surface area (Å²) in [6.45, 7) is 1.62. The number of nitrogens with one attached hydrogen (secondary N) is 1. The number of hydrogen-bond donors (Lipinski definition) is 1. The highest BCUT2D eigenvalue weighted by Gasteiger charge is 2.49. The number of methoxy groups -OCH3 is 3. The van der Waals surface area contributed by atoms with Gasteiger partial charge in [0.1, 0.15) is 30.0 Å². The van der Waals surface area contributed by atoms with Crippen molar-refractivity contribution < 1.29 is 28.5 Å². The Labute approximate surface area is 218 Å². The lowest BCUT2D eigenvalue weighted by Crippen LogP contribution is -2.65. The summed E-state index contributed by atoms with van der Waals surface area (Å²) in [5.74, 6) is -0.210.